The Balaban J connectivity index is 2.30. The summed E-state index contributed by atoms with van der Waals surface area (Å²) >= 11 is 0. The van der Waals surface area contributed by atoms with Crippen LogP contribution >= 0.6 is 0 Å². The Morgan fingerprint density at radius 3 is 2.55 bits per heavy atom. The summed E-state index contributed by atoms with van der Waals surface area (Å²) in [5.41, 5.74) is 8.59. The number of nitrogens with zero attached hydrogens (tertiary/aromatic N) is 2. The molecular weight excluding hydrogens is 286 g/mol. The second-order valence-electron chi connectivity index (χ2n) is 4.34. The molecule has 0 atom stereocenters. The smallest absolute Gasteiger partial charge is 0.357 e. The van der Waals surface area contributed by atoms with Crippen LogP contribution in [0.15, 0.2) is 48.2 Å². The molecule has 0 aliphatic heterocycles. The van der Waals surface area contributed by atoms with E-state index in [0.29, 0.717) is 11.6 Å². The highest BCUT2D eigenvalue weighted by Gasteiger charge is 2.12. The van der Waals surface area contributed by atoms with E-state index >= 15 is 0 Å². The summed E-state index contributed by atoms with van der Waals surface area (Å²) in [5, 5.41) is 8.85. The molecule has 1 aromatic carbocycles. The molecule has 1 aromatic heterocycles. The van der Waals surface area contributed by atoms with Gasteiger partial charge < -0.3 is 15.6 Å². The Labute approximate surface area is 126 Å². The fraction of sp³-hybridized carbons (Fsp3) is 0.0714. The molecule has 0 saturated carbocycles. The highest BCUT2D eigenvalue weighted by atomic mass is 16.5. The predicted octanol–water partition coefficient (Wildman–Crippen LogP) is 0.507. The number of aliphatic carboxylic acids is 1. The molecule has 0 spiro atoms. The maximum atomic E-state index is 10.8. The lowest BCUT2D eigenvalue weighted by Gasteiger charge is -2.11. The van der Waals surface area contributed by atoms with Gasteiger partial charge in [-0.15, -0.1) is 0 Å². The third-order valence-corrected chi connectivity index (χ3v) is 2.77. The molecule has 114 valence electrons. The monoisotopic (exact) mass is 301 g/mol. The number of hydrogen-bond acceptors (Lipinski definition) is 7. The maximum Gasteiger partial charge on any atom is 0.357 e. The van der Waals surface area contributed by atoms with Gasteiger partial charge in [0.1, 0.15) is 11.6 Å². The van der Waals surface area contributed by atoms with Crippen molar-refractivity contribution in [2.75, 3.05) is 0 Å². The highest BCUT2D eigenvalue weighted by molar-refractivity contribution is 5.85. The number of nitrogens with two attached hydrogens (primary N) is 2. The Bertz CT molecular complexity index is 713. The van der Waals surface area contributed by atoms with Crippen molar-refractivity contribution in [1.82, 2.24) is 15.4 Å². The molecule has 6 N–H and O–H groups in total. The van der Waals surface area contributed by atoms with Crippen molar-refractivity contribution in [1.29, 1.82) is 0 Å². The zero-order chi connectivity index (χ0) is 16.1. The molecular formula is C14H15N5O3. The van der Waals surface area contributed by atoms with E-state index in [1.54, 1.807) is 37.5 Å². The van der Waals surface area contributed by atoms with Crippen LogP contribution in [-0.2, 0) is 4.79 Å². The molecule has 0 aliphatic carbocycles. The van der Waals surface area contributed by atoms with Crippen LogP contribution in [-0.4, -0.2) is 21.0 Å². The van der Waals surface area contributed by atoms with Crippen molar-refractivity contribution in [2.24, 2.45) is 11.6 Å². The predicted molar refractivity (Wildman–Crippen MR) is 79.0 cm³/mol. The number of benzene rings is 1. The number of ether oxygens (including phenoxy) is 1. The fourth-order valence-electron chi connectivity index (χ4n) is 1.66. The molecule has 8 nitrogen and oxygen atoms in total. The van der Waals surface area contributed by atoms with Crippen LogP contribution in [0.3, 0.4) is 0 Å². The van der Waals surface area contributed by atoms with Crippen molar-refractivity contribution >= 4 is 5.97 Å². The lowest BCUT2D eigenvalue weighted by Crippen LogP contribution is -2.31. The number of carboxylic acid groups (broad SMARTS) is 1. The minimum absolute atomic E-state index is 0.246. The van der Waals surface area contributed by atoms with Gasteiger partial charge in [-0.2, -0.15) is 0 Å². The minimum Gasteiger partial charge on any atom is -0.476 e. The van der Waals surface area contributed by atoms with Gasteiger partial charge in [0.25, 0.3) is 0 Å². The summed E-state index contributed by atoms with van der Waals surface area (Å²) in [6, 6.07) is 6.93. The van der Waals surface area contributed by atoms with Crippen molar-refractivity contribution in [3.8, 4) is 16.9 Å². The van der Waals surface area contributed by atoms with E-state index in [2.05, 4.69) is 15.4 Å². The molecule has 22 heavy (non-hydrogen) atoms. The molecule has 0 unspecified atom stereocenters. The first-order valence-electron chi connectivity index (χ1n) is 6.28. The molecule has 8 heteroatoms. The third-order valence-electron chi connectivity index (χ3n) is 2.77. The zero-order valence-electron chi connectivity index (χ0n) is 11.8. The Hall–Kier alpha value is -3.13. The first-order valence-corrected chi connectivity index (χ1v) is 6.28. The number of hydrogen-bond donors (Lipinski definition) is 4. The van der Waals surface area contributed by atoms with Gasteiger partial charge in [-0.25, -0.2) is 20.6 Å². The average molecular weight is 301 g/mol. The quantitative estimate of drug-likeness (QED) is 0.271. The Morgan fingerprint density at radius 2 is 1.95 bits per heavy atom. The van der Waals surface area contributed by atoms with Gasteiger partial charge >= 0.3 is 5.97 Å². The second kappa shape index (κ2) is 6.55. The number of aromatic nitrogens is 2. The van der Waals surface area contributed by atoms with Crippen molar-refractivity contribution in [3.05, 3.63) is 54.1 Å². The summed E-state index contributed by atoms with van der Waals surface area (Å²) in [7, 11) is 0. The standard InChI is InChI=1S/C14H15N5O3/c1-8-17-6-10(7-18-8)9-3-2-4-11(5-9)22-13(19-16)12(15)14(20)21/h2-7,19H,15-16H2,1H3,(H,20,21)/b13-12+. The van der Waals surface area contributed by atoms with Crippen molar-refractivity contribution < 1.29 is 14.6 Å². The van der Waals surface area contributed by atoms with Gasteiger partial charge in [0.15, 0.2) is 5.70 Å². The maximum absolute atomic E-state index is 10.8. The SMILES string of the molecule is Cc1ncc(-c2cccc(O/C(NN)=C(/N)C(=O)O)c2)cn1. The van der Waals surface area contributed by atoms with Gasteiger partial charge in [0.05, 0.1) is 0 Å². The van der Waals surface area contributed by atoms with Crippen LogP contribution in [0.2, 0.25) is 0 Å². The lowest BCUT2D eigenvalue weighted by atomic mass is 10.1. The average Bonchev–Trinajstić information content (AvgIpc) is 2.53. The molecule has 0 amide bonds. The van der Waals surface area contributed by atoms with Gasteiger partial charge in [-0.05, 0) is 24.6 Å². The number of carbonyl (C=O) groups is 1. The van der Waals surface area contributed by atoms with Crippen LogP contribution in [0.1, 0.15) is 5.82 Å². The first kappa shape index (κ1) is 15.3. The van der Waals surface area contributed by atoms with Gasteiger partial charge in [0.2, 0.25) is 5.88 Å². The number of carboxylic acids is 1. The van der Waals surface area contributed by atoms with Crippen LogP contribution in [0.25, 0.3) is 11.1 Å². The van der Waals surface area contributed by atoms with Gasteiger partial charge in [0, 0.05) is 18.0 Å². The number of nitrogens with one attached hydrogen (secondary N) is 1. The third kappa shape index (κ3) is 3.49. The zero-order valence-corrected chi connectivity index (χ0v) is 11.8. The number of hydrazine groups is 1. The summed E-state index contributed by atoms with van der Waals surface area (Å²) in [5.74, 6) is 4.69. The molecule has 2 aromatic rings. The largest absolute Gasteiger partial charge is 0.476 e. The van der Waals surface area contributed by atoms with E-state index in [1.165, 1.54) is 0 Å². The highest BCUT2D eigenvalue weighted by Crippen LogP contribution is 2.23. The van der Waals surface area contributed by atoms with Gasteiger partial charge in [-0.1, -0.05) is 12.1 Å². The summed E-state index contributed by atoms with van der Waals surface area (Å²) in [6.45, 7) is 1.79. The van der Waals surface area contributed by atoms with Crippen LogP contribution in [0.4, 0.5) is 0 Å². The molecule has 0 fully saturated rings. The van der Waals surface area contributed by atoms with E-state index in [0.717, 1.165) is 11.1 Å². The van der Waals surface area contributed by atoms with Crippen LogP contribution < -0.4 is 21.7 Å². The first-order chi connectivity index (χ1) is 10.5. The van der Waals surface area contributed by atoms with Crippen molar-refractivity contribution in [2.45, 2.75) is 6.92 Å². The summed E-state index contributed by atoms with van der Waals surface area (Å²) in [6.07, 6.45) is 3.37. The van der Waals surface area contributed by atoms with E-state index in [4.69, 9.17) is 21.4 Å². The van der Waals surface area contributed by atoms with E-state index in [9.17, 15) is 4.79 Å². The molecule has 0 saturated heterocycles. The minimum atomic E-state index is -1.34. The molecule has 1 heterocycles. The number of rotatable bonds is 5. The van der Waals surface area contributed by atoms with Gasteiger partial charge in [-0.3, -0.25) is 5.43 Å². The van der Waals surface area contributed by atoms with Crippen molar-refractivity contribution in [3.63, 3.8) is 0 Å². The molecule has 2 rings (SSSR count). The lowest BCUT2D eigenvalue weighted by molar-refractivity contribution is -0.132. The summed E-state index contributed by atoms with van der Waals surface area (Å²) in [4.78, 5) is 19.1. The Kier molecular flexibility index (Phi) is 4.54. The number of aryl methyl sites for hydroxylation is 1. The van der Waals surface area contributed by atoms with E-state index in [-0.39, 0.29) is 5.88 Å². The normalized spacial score (nSPS) is 11.5. The molecule has 0 radical (unpaired) electrons. The topological polar surface area (TPSA) is 136 Å². The second-order valence-corrected chi connectivity index (χ2v) is 4.34. The molecule has 0 bridgehead atoms. The Morgan fingerprint density at radius 1 is 1.27 bits per heavy atom. The fourth-order valence-corrected chi connectivity index (χ4v) is 1.66. The molecule has 0 aliphatic rings. The van der Waals surface area contributed by atoms with Crippen LogP contribution in [0, 0.1) is 6.92 Å². The summed E-state index contributed by atoms with van der Waals surface area (Å²) < 4.78 is 5.37. The van der Waals surface area contributed by atoms with E-state index in [1.807, 2.05) is 6.07 Å². The van der Waals surface area contributed by atoms with Crippen LogP contribution in [0.5, 0.6) is 5.75 Å². The van der Waals surface area contributed by atoms with E-state index < -0.39 is 11.7 Å².